The van der Waals surface area contributed by atoms with Crippen LogP contribution in [0.1, 0.15) is 13.0 Å². The van der Waals surface area contributed by atoms with Gasteiger partial charge in [-0.15, -0.1) is 0 Å². The SMILES string of the molecule is CC(C(=O)N1CC(=O)Nc2ccccc21)n1cccn1. The molecule has 0 bridgehead atoms. The molecule has 1 atom stereocenters. The average Bonchev–Trinajstić information content (AvgIpc) is 2.99. The molecule has 0 spiro atoms. The van der Waals surface area contributed by atoms with Crippen LogP contribution in [-0.2, 0) is 9.59 Å². The van der Waals surface area contributed by atoms with Crippen molar-refractivity contribution in [3.05, 3.63) is 42.7 Å². The maximum Gasteiger partial charge on any atom is 0.252 e. The van der Waals surface area contributed by atoms with Crippen molar-refractivity contribution < 1.29 is 9.59 Å². The Labute approximate surface area is 116 Å². The van der Waals surface area contributed by atoms with Gasteiger partial charge < -0.3 is 5.32 Å². The molecule has 2 amide bonds. The second-order valence-corrected chi connectivity index (χ2v) is 4.65. The van der Waals surface area contributed by atoms with E-state index in [1.165, 1.54) is 4.90 Å². The van der Waals surface area contributed by atoms with Crippen LogP contribution in [0.4, 0.5) is 11.4 Å². The van der Waals surface area contributed by atoms with Crippen LogP contribution in [0.2, 0.25) is 0 Å². The number of rotatable bonds is 2. The molecule has 6 heteroatoms. The first-order valence-corrected chi connectivity index (χ1v) is 6.36. The van der Waals surface area contributed by atoms with Crippen molar-refractivity contribution in [1.82, 2.24) is 9.78 Å². The number of carbonyl (C=O) groups excluding carboxylic acids is 2. The van der Waals surface area contributed by atoms with Gasteiger partial charge >= 0.3 is 0 Å². The summed E-state index contributed by atoms with van der Waals surface area (Å²) in [4.78, 5) is 25.8. The zero-order chi connectivity index (χ0) is 14.1. The van der Waals surface area contributed by atoms with Crippen molar-refractivity contribution >= 4 is 23.2 Å². The van der Waals surface area contributed by atoms with Crippen LogP contribution in [0.3, 0.4) is 0 Å². The van der Waals surface area contributed by atoms with Crippen molar-refractivity contribution in [1.29, 1.82) is 0 Å². The average molecular weight is 270 g/mol. The number of hydrogen-bond donors (Lipinski definition) is 1. The van der Waals surface area contributed by atoms with Crippen LogP contribution >= 0.6 is 0 Å². The van der Waals surface area contributed by atoms with Crippen molar-refractivity contribution in [2.24, 2.45) is 0 Å². The molecule has 0 saturated heterocycles. The first kappa shape index (κ1) is 12.4. The number of para-hydroxylation sites is 2. The normalized spacial score (nSPS) is 15.4. The molecule has 20 heavy (non-hydrogen) atoms. The molecule has 0 saturated carbocycles. The predicted octanol–water partition coefficient (Wildman–Crippen LogP) is 1.43. The van der Waals surface area contributed by atoms with Gasteiger partial charge in [-0.25, -0.2) is 0 Å². The highest BCUT2D eigenvalue weighted by molar-refractivity contribution is 6.10. The zero-order valence-electron chi connectivity index (χ0n) is 11.0. The largest absolute Gasteiger partial charge is 0.323 e. The summed E-state index contributed by atoms with van der Waals surface area (Å²) in [6.07, 6.45) is 3.36. The Morgan fingerprint density at radius 2 is 2.15 bits per heavy atom. The maximum atomic E-state index is 12.6. The second kappa shape index (κ2) is 4.80. The van der Waals surface area contributed by atoms with Crippen LogP contribution in [0, 0.1) is 0 Å². The lowest BCUT2D eigenvalue weighted by molar-refractivity contribution is -0.124. The maximum absolute atomic E-state index is 12.6. The number of benzene rings is 1. The Morgan fingerprint density at radius 3 is 2.90 bits per heavy atom. The van der Waals surface area contributed by atoms with Gasteiger partial charge in [-0.3, -0.25) is 19.2 Å². The van der Waals surface area contributed by atoms with E-state index in [4.69, 9.17) is 0 Å². The Bertz CT molecular complexity index is 651. The number of carbonyl (C=O) groups is 2. The van der Waals surface area contributed by atoms with E-state index in [-0.39, 0.29) is 18.4 Å². The molecule has 6 nitrogen and oxygen atoms in total. The van der Waals surface area contributed by atoms with E-state index >= 15 is 0 Å². The lowest BCUT2D eigenvalue weighted by atomic mass is 10.1. The van der Waals surface area contributed by atoms with Gasteiger partial charge in [-0.2, -0.15) is 5.10 Å². The molecule has 1 unspecified atom stereocenters. The van der Waals surface area contributed by atoms with Crippen molar-refractivity contribution in [2.45, 2.75) is 13.0 Å². The Balaban J connectivity index is 1.94. The van der Waals surface area contributed by atoms with Gasteiger partial charge in [0, 0.05) is 12.4 Å². The molecule has 1 aromatic heterocycles. The van der Waals surface area contributed by atoms with Gasteiger partial charge in [0.1, 0.15) is 12.6 Å². The van der Waals surface area contributed by atoms with Gasteiger partial charge in [-0.1, -0.05) is 12.1 Å². The molecule has 0 aliphatic carbocycles. The lowest BCUT2D eigenvalue weighted by Gasteiger charge is -2.31. The van der Waals surface area contributed by atoms with Crippen LogP contribution < -0.4 is 10.2 Å². The minimum absolute atomic E-state index is 0.0292. The molecule has 1 aliphatic rings. The fourth-order valence-corrected chi connectivity index (χ4v) is 2.28. The topological polar surface area (TPSA) is 67.2 Å². The Morgan fingerprint density at radius 1 is 1.35 bits per heavy atom. The van der Waals surface area contributed by atoms with E-state index in [0.717, 1.165) is 5.69 Å². The smallest absolute Gasteiger partial charge is 0.252 e. The number of aromatic nitrogens is 2. The summed E-state index contributed by atoms with van der Waals surface area (Å²) in [5, 5.41) is 6.84. The number of anilines is 2. The van der Waals surface area contributed by atoms with E-state index in [1.54, 1.807) is 36.1 Å². The lowest BCUT2D eigenvalue weighted by Crippen LogP contribution is -2.44. The highest BCUT2D eigenvalue weighted by Gasteiger charge is 2.30. The quantitative estimate of drug-likeness (QED) is 0.897. The van der Waals surface area contributed by atoms with E-state index in [1.807, 2.05) is 18.2 Å². The molecular weight excluding hydrogens is 256 g/mol. The summed E-state index contributed by atoms with van der Waals surface area (Å²) < 4.78 is 1.58. The molecule has 3 rings (SSSR count). The molecule has 0 fully saturated rings. The van der Waals surface area contributed by atoms with Crippen molar-refractivity contribution in [3.63, 3.8) is 0 Å². The fourth-order valence-electron chi connectivity index (χ4n) is 2.28. The Hall–Kier alpha value is -2.63. The minimum Gasteiger partial charge on any atom is -0.323 e. The van der Waals surface area contributed by atoms with Gasteiger partial charge in [0.15, 0.2) is 0 Å². The summed E-state index contributed by atoms with van der Waals surface area (Å²) >= 11 is 0. The molecule has 1 aliphatic heterocycles. The molecule has 1 aromatic carbocycles. The molecular formula is C14H14N4O2. The standard InChI is InChI=1S/C14H14N4O2/c1-10(18-8-4-7-15-18)14(20)17-9-13(19)16-11-5-2-3-6-12(11)17/h2-8,10H,9H2,1H3,(H,16,19). The predicted molar refractivity (Wildman–Crippen MR) is 74.4 cm³/mol. The van der Waals surface area contributed by atoms with Crippen LogP contribution in [0.5, 0.6) is 0 Å². The van der Waals surface area contributed by atoms with Gasteiger partial charge in [0.2, 0.25) is 5.91 Å². The third-order valence-electron chi connectivity index (χ3n) is 3.32. The molecule has 2 aromatic rings. The van der Waals surface area contributed by atoms with Gasteiger partial charge in [0.25, 0.3) is 5.91 Å². The summed E-state index contributed by atoms with van der Waals surface area (Å²) in [6, 6.07) is 8.58. The second-order valence-electron chi connectivity index (χ2n) is 4.65. The summed E-state index contributed by atoms with van der Waals surface area (Å²) in [7, 11) is 0. The number of fused-ring (bicyclic) bond motifs is 1. The molecule has 0 radical (unpaired) electrons. The Kier molecular flexibility index (Phi) is 2.98. The van der Waals surface area contributed by atoms with Crippen LogP contribution in [-0.4, -0.2) is 28.1 Å². The van der Waals surface area contributed by atoms with Gasteiger partial charge in [-0.05, 0) is 25.1 Å². The highest BCUT2D eigenvalue weighted by atomic mass is 16.2. The number of nitrogens with one attached hydrogen (secondary N) is 1. The van der Waals surface area contributed by atoms with E-state index in [9.17, 15) is 9.59 Å². The number of nitrogens with zero attached hydrogens (tertiary/aromatic N) is 3. The molecule has 2 heterocycles. The first-order chi connectivity index (χ1) is 9.66. The highest BCUT2D eigenvalue weighted by Crippen LogP contribution is 2.30. The van der Waals surface area contributed by atoms with E-state index in [2.05, 4.69) is 10.4 Å². The van der Waals surface area contributed by atoms with E-state index in [0.29, 0.717) is 5.69 Å². The monoisotopic (exact) mass is 270 g/mol. The first-order valence-electron chi connectivity index (χ1n) is 6.36. The van der Waals surface area contributed by atoms with Crippen molar-refractivity contribution in [2.75, 3.05) is 16.8 Å². The third kappa shape index (κ3) is 2.05. The third-order valence-corrected chi connectivity index (χ3v) is 3.32. The summed E-state index contributed by atoms with van der Waals surface area (Å²) in [5.74, 6) is -0.347. The molecule has 1 N–H and O–H groups in total. The zero-order valence-corrected chi connectivity index (χ0v) is 11.0. The number of amides is 2. The summed E-state index contributed by atoms with van der Waals surface area (Å²) in [6.45, 7) is 1.80. The minimum atomic E-state index is -0.455. The fraction of sp³-hybridized carbons (Fsp3) is 0.214. The van der Waals surface area contributed by atoms with E-state index < -0.39 is 6.04 Å². The van der Waals surface area contributed by atoms with Crippen LogP contribution in [0.25, 0.3) is 0 Å². The number of hydrogen-bond acceptors (Lipinski definition) is 3. The summed E-state index contributed by atoms with van der Waals surface area (Å²) in [5.41, 5.74) is 1.38. The van der Waals surface area contributed by atoms with Gasteiger partial charge in [0.05, 0.1) is 11.4 Å². The van der Waals surface area contributed by atoms with Crippen molar-refractivity contribution in [3.8, 4) is 0 Å². The molecule has 102 valence electrons. The van der Waals surface area contributed by atoms with Crippen LogP contribution in [0.15, 0.2) is 42.7 Å².